The molecule has 0 aromatic heterocycles. The van der Waals surface area contributed by atoms with E-state index < -0.39 is 12.1 Å². The number of carboxylic acid groups (broad SMARTS) is 1. The summed E-state index contributed by atoms with van der Waals surface area (Å²) >= 11 is 0. The van der Waals surface area contributed by atoms with Gasteiger partial charge in [-0.25, -0.2) is 4.79 Å². The zero-order valence-electron chi connectivity index (χ0n) is 6.20. The van der Waals surface area contributed by atoms with Crippen LogP contribution in [0.4, 0.5) is 4.79 Å². The molecule has 0 bridgehead atoms. The molecule has 5 nitrogen and oxygen atoms in total. The number of hydrogen-bond acceptors (Lipinski definition) is 2. The quantitative estimate of drug-likeness (QED) is 0.498. The molecule has 0 spiro atoms. The normalized spacial score (nSPS) is 24.6. The molecule has 0 saturated carbocycles. The summed E-state index contributed by atoms with van der Waals surface area (Å²) in [4.78, 5) is 22.5. The van der Waals surface area contributed by atoms with E-state index in [1.165, 1.54) is 0 Å². The van der Waals surface area contributed by atoms with Gasteiger partial charge in [0.1, 0.15) is 6.04 Å². The van der Waals surface area contributed by atoms with Gasteiger partial charge in [-0.3, -0.25) is 9.69 Å². The van der Waals surface area contributed by atoms with Gasteiger partial charge in [0.2, 0.25) is 5.91 Å². The maximum absolute atomic E-state index is 10.9. The van der Waals surface area contributed by atoms with E-state index in [4.69, 9.17) is 5.11 Å². The zero-order chi connectivity index (χ0) is 8.43. The monoisotopic (exact) mass is 158 g/mol. The summed E-state index contributed by atoms with van der Waals surface area (Å²) in [6.07, 6.45) is -1.03. The highest BCUT2D eigenvalue weighted by molar-refractivity contribution is 5.85. The predicted octanol–water partition coefficient (Wildman–Crippen LogP) is -0.515. The summed E-state index contributed by atoms with van der Waals surface area (Å²) in [5.41, 5.74) is 0. The smallest absolute Gasteiger partial charge is 0.408 e. The molecule has 1 atom stereocenters. The van der Waals surface area contributed by atoms with Crippen LogP contribution in [-0.4, -0.2) is 41.1 Å². The first-order valence-electron chi connectivity index (χ1n) is 3.40. The molecule has 1 aliphatic rings. The average molecular weight is 158 g/mol. The molecule has 1 saturated heterocycles. The summed E-state index contributed by atoms with van der Waals surface area (Å²) in [7, 11) is 0. The number of nitrogens with zero attached hydrogens (tertiary/aromatic N) is 1. The molecular formula is C6H10N2O3. The first-order chi connectivity index (χ1) is 5.13. The number of hydrogen-bond donors (Lipinski definition) is 2. The number of carbonyl (C=O) groups is 2. The van der Waals surface area contributed by atoms with Crippen molar-refractivity contribution in [1.29, 1.82) is 0 Å². The number of piperazine rings is 1. The maximum Gasteiger partial charge on any atom is 0.408 e. The van der Waals surface area contributed by atoms with Crippen molar-refractivity contribution in [2.24, 2.45) is 0 Å². The maximum atomic E-state index is 10.9. The molecule has 1 heterocycles. The molecule has 11 heavy (non-hydrogen) atoms. The van der Waals surface area contributed by atoms with Gasteiger partial charge < -0.3 is 10.4 Å². The van der Waals surface area contributed by atoms with Crippen LogP contribution < -0.4 is 5.32 Å². The lowest BCUT2D eigenvalue weighted by Crippen LogP contribution is -2.55. The summed E-state index contributed by atoms with van der Waals surface area (Å²) in [5.74, 6) is -0.223. The lowest BCUT2D eigenvalue weighted by atomic mass is 10.2. The van der Waals surface area contributed by atoms with Crippen molar-refractivity contribution in [2.75, 3.05) is 13.1 Å². The standard InChI is InChI=1S/C6H10N2O3/c1-4-5(9)7-2-3-8(4)6(10)11/h4H,2-3H2,1H3,(H,7,9)(H,10,11)/t4-/m0/s1. The summed E-state index contributed by atoms with van der Waals surface area (Å²) in [5, 5.41) is 11.1. The molecule has 1 fully saturated rings. The number of amides is 2. The molecule has 5 heteroatoms. The van der Waals surface area contributed by atoms with E-state index in [0.29, 0.717) is 13.1 Å². The predicted molar refractivity (Wildman–Crippen MR) is 37.2 cm³/mol. The van der Waals surface area contributed by atoms with Gasteiger partial charge in [0, 0.05) is 13.1 Å². The summed E-state index contributed by atoms with van der Waals surface area (Å²) in [6.45, 7) is 2.36. The largest absolute Gasteiger partial charge is 0.465 e. The third-order valence-electron chi connectivity index (χ3n) is 1.74. The fourth-order valence-corrected chi connectivity index (χ4v) is 1.04. The van der Waals surface area contributed by atoms with E-state index >= 15 is 0 Å². The second-order valence-electron chi connectivity index (χ2n) is 2.44. The van der Waals surface area contributed by atoms with Crippen molar-refractivity contribution in [2.45, 2.75) is 13.0 Å². The van der Waals surface area contributed by atoms with E-state index in [2.05, 4.69) is 5.32 Å². The topological polar surface area (TPSA) is 69.6 Å². The highest BCUT2D eigenvalue weighted by atomic mass is 16.4. The van der Waals surface area contributed by atoms with E-state index in [9.17, 15) is 9.59 Å². The van der Waals surface area contributed by atoms with E-state index in [0.717, 1.165) is 4.90 Å². The number of rotatable bonds is 0. The van der Waals surface area contributed by atoms with Gasteiger partial charge in [0.05, 0.1) is 0 Å². The molecule has 62 valence electrons. The van der Waals surface area contributed by atoms with Crippen LogP contribution in [-0.2, 0) is 4.79 Å². The van der Waals surface area contributed by atoms with Crippen molar-refractivity contribution < 1.29 is 14.7 Å². The molecule has 2 amide bonds. The molecular weight excluding hydrogens is 148 g/mol. The summed E-state index contributed by atoms with van der Waals surface area (Å²) in [6, 6.07) is -0.554. The van der Waals surface area contributed by atoms with Gasteiger partial charge in [-0.2, -0.15) is 0 Å². The average Bonchev–Trinajstić information content (AvgIpc) is 1.94. The van der Waals surface area contributed by atoms with Crippen LogP contribution in [0, 0.1) is 0 Å². The third kappa shape index (κ3) is 1.42. The minimum absolute atomic E-state index is 0.223. The van der Waals surface area contributed by atoms with Crippen LogP contribution in [0.25, 0.3) is 0 Å². The molecule has 0 unspecified atom stereocenters. The first kappa shape index (κ1) is 7.84. The second kappa shape index (κ2) is 2.77. The van der Waals surface area contributed by atoms with Gasteiger partial charge in [0.25, 0.3) is 0 Å². The molecule has 1 aliphatic heterocycles. The van der Waals surface area contributed by atoms with Crippen molar-refractivity contribution in [3.8, 4) is 0 Å². The van der Waals surface area contributed by atoms with Crippen LogP contribution in [0.2, 0.25) is 0 Å². The van der Waals surface area contributed by atoms with Gasteiger partial charge in [0.15, 0.2) is 0 Å². The van der Waals surface area contributed by atoms with E-state index in [-0.39, 0.29) is 5.91 Å². The van der Waals surface area contributed by atoms with Crippen molar-refractivity contribution in [3.05, 3.63) is 0 Å². The SMILES string of the molecule is C[C@H]1C(=O)NCCN1C(=O)O. The fourth-order valence-electron chi connectivity index (χ4n) is 1.04. The molecule has 1 rings (SSSR count). The molecule has 0 radical (unpaired) electrons. The van der Waals surface area contributed by atoms with Gasteiger partial charge in [-0.1, -0.05) is 0 Å². The third-order valence-corrected chi connectivity index (χ3v) is 1.74. The van der Waals surface area contributed by atoms with Crippen LogP contribution in [0.15, 0.2) is 0 Å². The Labute approximate surface area is 64.0 Å². The first-order valence-corrected chi connectivity index (χ1v) is 3.40. The Hall–Kier alpha value is -1.26. The van der Waals surface area contributed by atoms with Gasteiger partial charge in [-0.05, 0) is 6.92 Å². The van der Waals surface area contributed by atoms with Crippen molar-refractivity contribution >= 4 is 12.0 Å². The minimum Gasteiger partial charge on any atom is -0.465 e. The molecule has 0 aliphatic carbocycles. The molecule has 0 aromatic rings. The number of carbonyl (C=O) groups excluding carboxylic acids is 1. The lowest BCUT2D eigenvalue weighted by molar-refractivity contribution is -0.127. The van der Waals surface area contributed by atoms with Crippen molar-refractivity contribution in [1.82, 2.24) is 10.2 Å². The van der Waals surface area contributed by atoms with Crippen LogP contribution >= 0.6 is 0 Å². The van der Waals surface area contributed by atoms with E-state index in [1.54, 1.807) is 6.92 Å². The Kier molecular flexibility index (Phi) is 1.98. The van der Waals surface area contributed by atoms with E-state index in [1.807, 2.05) is 0 Å². The highest BCUT2D eigenvalue weighted by Crippen LogP contribution is 2.02. The van der Waals surface area contributed by atoms with Crippen LogP contribution in [0.1, 0.15) is 6.92 Å². The van der Waals surface area contributed by atoms with Gasteiger partial charge >= 0.3 is 6.09 Å². The minimum atomic E-state index is -1.03. The summed E-state index contributed by atoms with van der Waals surface area (Å²) < 4.78 is 0. The van der Waals surface area contributed by atoms with Crippen LogP contribution in [0.3, 0.4) is 0 Å². The fraction of sp³-hybridized carbons (Fsp3) is 0.667. The number of nitrogens with one attached hydrogen (secondary N) is 1. The Morgan fingerprint density at radius 3 is 2.91 bits per heavy atom. The Balaban J connectivity index is 2.65. The second-order valence-corrected chi connectivity index (χ2v) is 2.44. The molecule has 2 N–H and O–H groups in total. The Morgan fingerprint density at radius 2 is 2.45 bits per heavy atom. The van der Waals surface area contributed by atoms with Crippen molar-refractivity contribution in [3.63, 3.8) is 0 Å². The lowest BCUT2D eigenvalue weighted by Gasteiger charge is -2.30. The highest BCUT2D eigenvalue weighted by Gasteiger charge is 2.28. The Bertz CT molecular complexity index is 192. The van der Waals surface area contributed by atoms with Gasteiger partial charge in [-0.15, -0.1) is 0 Å². The van der Waals surface area contributed by atoms with Crippen LogP contribution in [0.5, 0.6) is 0 Å². The zero-order valence-corrected chi connectivity index (χ0v) is 6.20. The molecule has 0 aromatic carbocycles. The Morgan fingerprint density at radius 1 is 1.82 bits per heavy atom.